The molecule has 242 valence electrons. The molecule has 0 amide bonds. The van der Waals surface area contributed by atoms with Crippen LogP contribution in [0.2, 0.25) is 0 Å². The molecule has 11 rings (SSSR count). The van der Waals surface area contributed by atoms with Gasteiger partial charge in [0, 0.05) is 50.5 Å². The molecular weight excluding hydrogens is 621 g/mol. The monoisotopic (exact) mass is 654 g/mol. The average Bonchev–Trinajstić information content (AvgIpc) is 3.85. The Labute approximate surface area is 296 Å². The number of hydrogen-bond donors (Lipinski definition) is 0. The van der Waals surface area contributed by atoms with E-state index in [0.717, 1.165) is 37.2 Å². The maximum absolute atomic E-state index is 6.40. The van der Waals surface area contributed by atoms with Crippen LogP contribution in [-0.2, 0) is 12.8 Å². The standard InChI is InChI=1S/C48H34N2O/c1-3-12-34(13-4-1)49-42-19-9-7-16-37(42)40-28-31(23-26-43(40)49)32-24-27-44-41(29-32)38-25-22-33(30-45(38)50(44)35-14-5-2-6-15-35)36-18-11-21-47-48(36)39-17-8-10-20-46(39)51-47/h1-7,9-10,12-16,18-20,22-30H,8,11,17,21H2. The Hall–Kier alpha value is -6.32. The summed E-state index contributed by atoms with van der Waals surface area (Å²) in [6, 6.07) is 51.2. The molecule has 0 N–H and O–H groups in total. The molecule has 2 aliphatic rings. The number of para-hydroxylation sites is 3. The van der Waals surface area contributed by atoms with Crippen LogP contribution in [0.25, 0.3) is 77.8 Å². The Kier molecular flexibility index (Phi) is 6.20. The first-order valence-corrected chi connectivity index (χ1v) is 18.0. The number of fused-ring (bicyclic) bond motifs is 9. The summed E-state index contributed by atoms with van der Waals surface area (Å²) in [5.74, 6) is 2.19. The summed E-state index contributed by atoms with van der Waals surface area (Å²) >= 11 is 0. The van der Waals surface area contributed by atoms with Crippen molar-refractivity contribution in [3.05, 3.63) is 180 Å². The molecule has 0 saturated heterocycles. The fraction of sp³-hybridized carbons (Fsp3) is 0.0833. The SMILES string of the molecule is C1=Cc2oc3c(c2CC1)C(c1ccc2c4cc(-c5ccc6c(c5)c5ccccc5n6-c5ccccc5)ccc4n(-c4ccccc4)c2c1)=CCC3. The van der Waals surface area contributed by atoms with Gasteiger partial charge in [-0.2, -0.15) is 0 Å². The first kappa shape index (κ1) is 28.5. The second-order valence-electron chi connectivity index (χ2n) is 13.9. The number of aromatic nitrogens is 2. The van der Waals surface area contributed by atoms with Gasteiger partial charge in [0.25, 0.3) is 0 Å². The number of hydrogen-bond acceptors (Lipinski definition) is 1. The smallest absolute Gasteiger partial charge is 0.130 e. The highest BCUT2D eigenvalue weighted by atomic mass is 16.3. The van der Waals surface area contributed by atoms with Crippen LogP contribution in [0.15, 0.2) is 156 Å². The lowest BCUT2D eigenvalue weighted by molar-refractivity contribution is 0.496. The van der Waals surface area contributed by atoms with Crippen LogP contribution in [0, 0.1) is 0 Å². The van der Waals surface area contributed by atoms with Gasteiger partial charge >= 0.3 is 0 Å². The van der Waals surface area contributed by atoms with Crippen molar-refractivity contribution in [3.8, 4) is 22.5 Å². The second-order valence-corrected chi connectivity index (χ2v) is 13.9. The Morgan fingerprint density at radius 2 is 1.08 bits per heavy atom. The van der Waals surface area contributed by atoms with Crippen LogP contribution in [-0.4, -0.2) is 9.13 Å². The van der Waals surface area contributed by atoms with Gasteiger partial charge in [-0.05, 0) is 108 Å². The minimum absolute atomic E-state index is 0.966. The predicted molar refractivity (Wildman–Crippen MR) is 212 cm³/mol. The summed E-state index contributed by atoms with van der Waals surface area (Å²) in [5.41, 5.74) is 14.9. The van der Waals surface area contributed by atoms with Crippen LogP contribution in [0.3, 0.4) is 0 Å². The zero-order chi connectivity index (χ0) is 33.5. The molecule has 0 aliphatic heterocycles. The third kappa shape index (κ3) is 4.31. The fourth-order valence-corrected chi connectivity index (χ4v) is 8.77. The first-order valence-electron chi connectivity index (χ1n) is 18.0. The summed E-state index contributed by atoms with van der Waals surface area (Å²) in [4.78, 5) is 0. The van der Waals surface area contributed by atoms with E-state index in [9.17, 15) is 0 Å². The molecule has 3 heterocycles. The molecule has 2 aliphatic carbocycles. The number of allylic oxidation sites excluding steroid dienone is 2. The average molecular weight is 655 g/mol. The van der Waals surface area contributed by atoms with Gasteiger partial charge in [0.2, 0.25) is 0 Å². The van der Waals surface area contributed by atoms with Crippen molar-refractivity contribution in [1.82, 2.24) is 9.13 Å². The summed E-state index contributed by atoms with van der Waals surface area (Å²) in [5, 5.41) is 5.05. The molecule has 0 saturated carbocycles. The van der Waals surface area contributed by atoms with Gasteiger partial charge in [0.15, 0.2) is 0 Å². The molecule has 51 heavy (non-hydrogen) atoms. The van der Waals surface area contributed by atoms with E-state index >= 15 is 0 Å². The highest BCUT2D eigenvalue weighted by Crippen LogP contribution is 2.43. The van der Waals surface area contributed by atoms with E-state index in [0.29, 0.717) is 0 Å². The molecule has 0 atom stereocenters. The Morgan fingerprint density at radius 3 is 1.80 bits per heavy atom. The lowest BCUT2D eigenvalue weighted by atomic mass is 9.86. The van der Waals surface area contributed by atoms with Gasteiger partial charge in [0.05, 0.1) is 22.1 Å². The lowest BCUT2D eigenvalue weighted by Gasteiger charge is -2.16. The number of furan rings is 1. The second kappa shape index (κ2) is 11.1. The molecule has 0 radical (unpaired) electrons. The summed E-state index contributed by atoms with van der Waals surface area (Å²) < 4.78 is 11.2. The Balaban J connectivity index is 1.10. The highest BCUT2D eigenvalue weighted by Gasteiger charge is 2.26. The van der Waals surface area contributed by atoms with E-state index in [4.69, 9.17) is 4.42 Å². The first-order chi connectivity index (χ1) is 25.3. The predicted octanol–water partition coefficient (Wildman–Crippen LogP) is 12.5. The van der Waals surface area contributed by atoms with Crippen molar-refractivity contribution < 1.29 is 4.42 Å². The van der Waals surface area contributed by atoms with E-state index in [1.165, 1.54) is 88.4 Å². The number of aryl methyl sites for hydroxylation is 1. The van der Waals surface area contributed by atoms with Gasteiger partial charge in [-0.3, -0.25) is 0 Å². The highest BCUT2D eigenvalue weighted by molar-refractivity contribution is 6.13. The molecule has 3 aromatic heterocycles. The normalized spacial score (nSPS) is 14.0. The number of rotatable bonds is 4. The van der Waals surface area contributed by atoms with Gasteiger partial charge in [-0.1, -0.05) is 91.0 Å². The van der Waals surface area contributed by atoms with Crippen LogP contribution < -0.4 is 0 Å². The zero-order valence-corrected chi connectivity index (χ0v) is 28.1. The molecular formula is C48H34N2O. The van der Waals surface area contributed by atoms with Gasteiger partial charge in [0.1, 0.15) is 11.5 Å². The largest absolute Gasteiger partial charge is 0.461 e. The third-order valence-corrected chi connectivity index (χ3v) is 11.0. The quantitative estimate of drug-likeness (QED) is 0.185. The van der Waals surface area contributed by atoms with Gasteiger partial charge in [-0.15, -0.1) is 0 Å². The lowest BCUT2D eigenvalue weighted by Crippen LogP contribution is -2.02. The molecule has 0 bridgehead atoms. The van der Waals surface area contributed by atoms with Crippen molar-refractivity contribution in [1.29, 1.82) is 0 Å². The van der Waals surface area contributed by atoms with Crippen LogP contribution in [0.5, 0.6) is 0 Å². The molecule has 0 fully saturated rings. The van der Waals surface area contributed by atoms with E-state index in [-0.39, 0.29) is 0 Å². The molecule has 0 spiro atoms. The topological polar surface area (TPSA) is 23.0 Å². The number of benzene rings is 6. The van der Waals surface area contributed by atoms with Gasteiger partial charge in [-0.25, -0.2) is 0 Å². The summed E-state index contributed by atoms with van der Waals surface area (Å²) in [7, 11) is 0. The minimum Gasteiger partial charge on any atom is -0.461 e. The minimum atomic E-state index is 0.966. The van der Waals surface area contributed by atoms with E-state index in [1.807, 2.05) is 0 Å². The summed E-state index contributed by atoms with van der Waals surface area (Å²) in [6.07, 6.45) is 10.9. The molecule has 3 nitrogen and oxygen atoms in total. The molecule has 6 aromatic carbocycles. The van der Waals surface area contributed by atoms with E-state index in [1.54, 1.807) is 0 Å². The Bertz CT molecular complexity index is 2900. The summed E-state index contributed by atoms with van der Waals surface area (Å²) in [6.45, 7) is 0. The van der Waals surface area contributed by atoms with E-state index < -0.39 is 0 Å². The van der Waals surface area contributed by atoms with Gasteiger partial charge < -0.3 is 13.6 Å². The zero-order valence-electron chi connectivity index (χ0n) is 28.1. The van der Waals surface area contributed by atoms with E-state index in [2.05, 4.69) is 167 Å². The van der Waals surface area contributed by atoms with Crippen molar-refractivity contribution in [2.75, 3.05) is 0 Å². The van der Waals surface area contributed by atoms with Crippen LogP contribution >= 0.6 is 0 Å². The molecule has 0 unspecified atom stereocenters. The van der Waals surface area contributed by atoms with Crippen molar-refractivity contribution >= 4 is 55.3 Å². The fourth-order valence-electron chi connectivity index (χ4n) is 8.77. The van der Waals surface area contributed by atoms with Crippen LogP contribution in [0.4, 0.5) is 0 Å². The van der Waals surface area contributed by atoms with Crippen molar-refractivity contribution in [2.24, 2.45) is 0 Å². The van der Waals surface area contributed by atoms with Crippen LogP contribution in [0.1, 0.15) is 41.1 Å². The number of nitrogens with zero attached hydrogens (tertiary/aromatic N) is 2. The molecule has 3 heteroatoms. The molecule has 9 aromatic rings. The Morgan fingerprint density at radius 1 is 0.471 bits per heavy atom. The van der Waals surface area contributed by atoms with Crippen molar-refractivity contribution in [3.63, 3.8) is 0 Å². The maximum atomic E-state index is 6.40. The third-order valence-electron chi connectivity index (χ3n) is 11.0. The van der Waals surface area contributed by atoms with Crippen molar-refractivity contribution in [2.45, 2.75) is 25.7 Å². The maximum Gasteiger partial charge on any atom is 0.130 e.